The maximum Gasteiger partial charge on any atom is 0.319 e. The van der Waals surface area contributed by atoms with Crippen LogP contribution in [0.4, 0.5) is 10.5 Å². The number of hydrogen-bond donors (Lipinski definition) is 2. The van der Waals surface area contributed by atoms with E-state index in [1.807, 2.05) is 11.8 Å². The van der Waals surface area contributed by atoms with Gasteiger partial charge in [-0.25, -0.2) is 4.79 Å². The second-order valence-electron chi connectivity index (χ2n) is 6.64. The molecule has 7 heteroatoms. The lowest BCUT2D eigenvalue weighted by molar-refractivity contribution is 0.0303. The smallest absolute Gasteiger partial charge is 0.319 e. The number of hydrogen-bond acceptors (Lipinski definition) is 4. The first kappa shape index (κ1) is 19.0. The number of carbonyl (C=O) groups excluding carboxylic acids is 2. The molecule has 6 nitrogen and oxygen atoms in total. The number of morpholine rings is 1. The molecular formula is C19H27N3O3S. The van der Waals surface area contributed by atoms with Crippen molar-refractivity contribution < 1.29 is 14.3 Å². The van der Waals surface area contributed by atoms with Gasteiger partial charge in [0.1, 0.15) is 0 Å². The molecule has 2 fully saturated rings. The lowest BCUT2D eigenvalue weighted by atomic mass is 10.1. The molecule has 0 aromatic heterocycles. The van der Waals surface area contributed by atoms with E-state index >= 15 is 0 Å². The Morgan fingerprint density at radius 1 is 1.12 bits per heavy atom. The first-order chi connectivity index (χ1) is 12.7. The minimum Gasteiger partial charge on any atom is -0.378 e. The Morgan fingerprint density at radius 3 is 2.50 bits per heavy atom. The average Bonchev–Trinajstić information content (AvgIpc) is 3.19. The zero-order valence-electron chi connectivity index (χ0n) is 15.0. The third-order valence-electron chi connectivity index (χ3n) is 4.73. The van der Waals surface area contributed by atoms with Crippen LogP contribution in [0.15, 0.2) is 24.3 Å². The number of nitrogens with zero attached hydrogens (tertiary/aromatic N) is 1. The molecule has 2 aliphatic rings. The van der Waals surface area contributed by atoms with Crippen molar-refractivity contribution in [2.75, 3.05) is 43.9 Å². The van der Waals surface area contributed by atoms with E-state index < -0.39 is 0 Å². The van der Waals surface area contributed by atoms with Gasteiger partial charge in [0.2, 0.25) is 0 Å². The Bertz CT molecular complexity index is 597. The maximum atomic E-state index is 12.4. The highest BCUT2D eigenvalue weighted by atomic mass is 32.2. The second kappa shape index (κ2) is 9.83. The van der Waals surface area contributed by atoms with Crippen molar-refractivity contribution in [3.05, 3.63) is 29.8 Å². The second-order valence-corrected chi connectivity index (χ2v) is 8.05. The minimum absolute atomic E-state index is 0.00763. The van der Waals surface area contributed by atoms with Gasteiger partial charge in [-0.1, -0.05) is 12.8 Å². The summed E-state index contributed by atoms with van der Waals surface area (Å²) in [4.78, 5) is 26.1. The van der Waals surface area contributed by atoms with Crippen LogP contribution < -0.4 is 10.6 Å². The molecule has 142 valence electrons. The van der Waals surface area contributed by atoms with Gasteiger partial charge in [0, 0.05) is 41.9 Å². The van der Waals surface area contributed by atoms with E-state index in [2.05, 4.69) is 10.6 Å². The molecule has 1 heterocycles. The molecule has 1 aromatic rings. The number of carbonyl (C=O) groups is 2. The summed E-state index contributed by atoms with van der Waals surface area (Å²) in [5.74, 6) is 0.957. The summed E-state index contributed by atoms with van der Waals surface area (Å²) in [5, 5.41) is 6.47. The first-order valence-corrected chi connectivity index (χ1v) is 10.4. The van der Waals surface area contributed by atoms with Gasteiger partial charge < -0.3 is 20.3 Å². The molecule has 0 atom stereocenters. The summed E-state index contributed by atoms with van der Waals surface area (Å²) < 4.78 is 5.27. The highest BCUT2D eigenvalue weighted by Crippen LogP contribution is 2.28. The van der Waals surface area contributed by atoms with Crippen LogP contribution in [0.1, 0.15) is 36.0 Å². The Hall–Kier alpha value is -1.73. The summed E-state index contributed by atoms with van der Waals surface area (Å²) in [7, 11) is 0. The van der Waals surface area contributed by atoms with Crippen molar-refractivity contribution in [1.82, 2.24) is 10.2 Å². The molecule has 0 bridgehead atoms. The summed E-state index contributed by atoms with van der Waals surface area (Å²) >= 11 is 1.96. The van der Waals surface area contributed by atoms with E-state index in [1.165, 1.54) is 25.7 Å². The fourth-order valence-corrected chi connectivity index (χ4v) is 4.49. The molecule has 0 unspecified atom stereocenters. The van der Waals surface area contributed by atoms with Crippen molar-refractivity contribution in [3.8, 4) is 0 Å². The molecule has 0 radical (unpaired) electrons. The molecule has 1 aliphatic heterocycles. The highest BCUT2D eigenvalue weighted by Gasteiger charge is 2.18. The molecule has 1 saturated heterocycles. The summed E-state index contributed by atoms with van der Waals surface area (Å²) in [6, 6.07) is 6.83. The topological polar surface area (TPSA) is 70.7 Å². The monoisotopic (exact) mass is 377 g/mol. The summed E-state index contributed by atoms with van der Waals surface area (Å²) in [5.41, 5.74) is 1.32. The van der Waals surface area contributed by atoms with Gasteiger partial charge in [0.05, 0.1) is 13.2 Å². The van der Waals surface area contributed by atoms with Crippen molar-refractivity contribution in [2.45, 2.75) is 30.9 Å². The zero-order valence-corrected chi connectivity index (χ0v) is 15.9. The minimum atomic E-state index is -0.204. The first-order valence-electron chi connectivity index (χ1n) is 9.36. The molecule has 2 N–H and O–H groups in total. The van der Waals surface area contributed by atoms with Gasteiger partial charge in [-0.2, -0.15) is 11.8 Å². The van der Waals surface area contributed by atoms with Crippen molar-refractivity contribution in [3.63, 3.8) is 0 Å². The fraction of sp³-hybridized carbons (Fsp3) is 0.579. The molecule has 0 spiro atoms. The van der Waals surface area contributed by atoms with Gasteiger partial charge in [-0.3, -0.25) is 4.79 Å². The number of ether oxygens (including phenoxy) is 1. The van der Waals surface area contributed by atoms with Gasteiger partial charge in [0.25, 0.3) is 5.91 Å². The standard InChI is InChI=1S/C19H27N3O3S/c23-18(22-10-12-25-13-11-22)15-5-7-16(8-6-15)21-19(24)20-9-14-26-17-3-1-2-4-17/h5-8,17H,1-4,9-14H2,(H2,20,21,24). The summed E-state index contributed by atoms with van der Waals surface area (Å²) in [6.45, 7) is 3.09. The number of thioether (sulfide) groups is 1. The largest absolute Gasteiger partial charge is 0.378 e. The SMILES string of the molecule is O=C(NCCSC1CCCC1)Nc1ccc(C(=O)N2CCOCC2)cc1. The van der Waals surface area contributed by atoms with Crippen molar-refractivity contribution >= 4 is 29.4 Å². The third kappa shape index (κ3) is 5.64. The van der Waals surface area contributed by atoms with Crippen molar-refractivity contribution in [1.29, 1.82) is 0 Å². The number of anilines is 1. The van der Waals surface area contributed by atoms with Crippen molar-refractivity contribution in [2.24, 2.45) is 0 Å². The number of nitrogens with one attached hydrogen (secondary N) is 2. The Balaban J connectivity index is 1.38. The van der Waals surface area contributed by atoms with E-state index in [9.17, 15) is 9.59 Å². The van der Waals surface area contributed by atoms with Crippen LogP contribution >= 0.6 is 11.8 Å². The van der Waals surface area contributed by atoms with Gasteiger partial charge in [0.15, 0.2) is 0 Å². The van der Waals surface area contributed by atoms with Crippen LogP contribution in [0.5, 0.6) is 0 Å². The number of amides is 3. The van der Waals surface area contributed by atoms with Crippen LogP contribution in [0.3, 0.4) is 0 Å². The lowest BCUT2D eigenvalue weighted by Gasteiger charge is -2.26. The number of rotatable bonds is 6. The molecule has 26 heavy (non-hydrogen) atoms. The Labute approximate surface area is 159 Å². The summed E-state index contributed by atoms with van der Waals surface area (Å²) in [6.07, 6.45) is 5.31. The molecule has 3 amide bonds. The van der Waals surface area contributed by atoms with E-state index in [1.54, 1.807) is 29.2 Å². The predicted octanol–water partition coefficient (Wildman–Crippen LogP) is 2.96. The highest BCUT2D eigenvalue weighted by molar-refractivity contribution is 7.99. The molecule has 1 saturated carbocycles. The molecule has 3 rings (SSSR count). The van der Waals surface area contributed by atoms with Crippen LogP contribution in [0, 0.1) is 0 Å². The van der Waals surface area contributed by atoms with Crippen LogP contribution in [0.2, 0.25) is 0 Å². The quantitative estimate of drug-likeness (QED) is 0.748. The number of benzene rings is 1. The van der Waals surface area contributed by atoms with Crippen LogP contribution in [-0.4, -0.2) is 60.7 Å². The van der Waals surface area contributed by atoms with Crippen LogP contribution in [-0.2, 0) is 4.74 Å². The Morgan fingerprint density at radius 2 is 1.81 bits per heavy atom. The lowest BCUT2D eigenvalue weighted by Crippen LogP contribution is -2.40. The van der Waals surface area contributed by atoms with Gasteiger partial charge in [-0.15, -0.1) is 0 Å². The Kier molecular flexibility index (Phi) is 7.20. The van der Waals surface area contributed by atoms with E-state index in [0.717, 1.165) is 11.0 Å². The fourth-order valence-electron chi connectivity index (χ4n) is 3.27. The van der Waals surface area contributed by atoms with Gasteiger partial charge >= 0.3 is 6.03 Å². The normalized spacial score (nSPS) is 17.9. The molecule has 1 aliphatic carbocycles. The van der Waals surface area contributed by atoms with E-state index in [-0.39, 0.29) is 11.9 Å². The molecule has 1 aromatic carbocycles. The van der Waals surface area contributed by atoms with Gasteiger partial charge in [-0.05, 0) is 37.1 Å². The average molecular weight is 378 g/mol. The number of urea groups is 1. The maximum absolute atomic E-state index is 12.4. The van der Waals surface area contributed by atoms with Crippen LogP contribution in [0.25, 0.3) is 0 Å². The predicted molar refractivity (Wildman–Crippen MR) is 105 cm³/mol. The van der Waals surface area contributed by atoms with E-state index in [4.69, 9.17) is 4.74 Å². The van der Waals surface area contributed by atoms with E-state index in [0.29, 0.717) is 44.1 Å². The molecular weight excluding hydrogens is 350 g/mol. The third-order valence-corrected chi connectivity index (χ3v) is 6.11. The zero-order chi connectivity index (χ0) is 18.2.